The van der Waals surface area contributed by atoms with E-state index in [-0.39, 0.29) is 0 Å². The lowest BCUT2D eigenvalue weighted by atomic mass is 10.3. The van der Waals surface area contributed by atoms with E-state index in [1.165, 1.54) is 0 Å². The first-order valence-corrected chi connectivity index (χ1v) is 4.73. The Morgan fingerprint density at radius 3 is 2.67 bits per heavy atom. The second-order valence-corrected chi connectivity index (χ2v) is 4.07. The molecule has 0 unspecified atom stereocenters. The summed E-state index contributed by atoms with van der Waals surface area (Å²) in [6.45, 7) is 0.834. The highest BCUT2D eigenvalue weighted by atomic mass is 127. The van der Waals surface area contributed by atoms with E-state index in [4.69, 9.17) is 5.73 Å². The van der Waals surface area contributed by atoms with Crippen molar-refractivity contribution in [1.82, 2.24) is 9.88 Å². The first-order chi connectivity index (χ1) is 5.59. The highest BCUT2D eigenvalue weighted by Gasteiger charge is 2.00. The van der Waals surface area contributed by atoms with E-state index in [0.29, 0.717) is 5.82 Å². The van der Waals surface area contributed by atoms with E-state index in [9.17, 15) is 0 Å². The minimum Gasteiger partial charge on any atom is -0.383 e. The highest BCUT2D eigenvalue weighted by molar-refractivity contribution is 14.1. The van der Waals surface area contributed by atoms with E-state index in [1.807, 2.05) is 26.2 Å². The van der Waals surface area contributed by atoms with Crippen LogP contribution in [0.15, 0.2) is 12.1 Å². The van der Waals surface area contributed by atoms with Crippen LogP contribution in [0.4, 0.5) is 5.82 Å². The maximum absolute atomic E-state index is 5.66. The average Bonchev–Trinajstić information content (AvgIpc) is 1.96. The molecule has 0 saturated carbocycles. The molecule has 0 aromatic carbocycles. The number of hydrogen-bond donors (Lipinski definition) is 1. The summed E-state index contributed by atoms with van der Waals surface area (Å²) in [5.74, 6) is 0.620. The maximum atomic E-state index is 5.66. The molecule has 0 bridgehead atoms. The van der Waals surface area contributed by atoms with Gasteiger partial charge in [0, 0.05) is 6.54 Å². The Bertz CT molecular complexity index is 273. The Balaban J connectivity index is 2.82. The Kier molecular flexibility index (Phi) is 3.28. The van der Waals surface area contributed by atoms with Gasteiger partial charge in [-0.15, -0.1) is 0 Å². The van der Waals surface area contributed by atoms with E-state index in [0.717, 1.165) is 15.8 Å². The predicted molar refractivity (Wildman–Crippen MR) is 58.8 cm³/mol. The van der Waals surface area contributed by atoms with Gasteiger partial charge in [0.05, 0.1) is 9.26 Å². The highest BCUT2D eigenvalue weighted by Crippen LogP contribution is 2.12. The monoisotopic (exact) mass is 277 g/mol. The van der Waals surface area contributed by atoms with Crippen LogP contribution in [-0.2, 0) is 6.54 Å². The summed E-state index contributed by atoms with van der Waals surface area (Å²) >= 11 is 2.17. The second kappa shape index (κ2) is 4.04. The molecule has 66 valence electrons. The molecule has 0 fully saturated rings. The van der Waals surface area contributed by atoms with Gasteiger partial charge in [0.2, 0.25) is 0 Å². The fourth-order valence-electron chi connectivity index (χ4n) is 0.912. The SMILES string of the molecule is CN(C)Cc1ccc(I)c(N)n1. The van der Waals surface area contributed by atoms with Gasteiger partial charge in [-0.3, -0.25) is 0 Å². The third-order valence-electron chi connectivity index (χ3n) is 1.41. The number of nitrogens with zero attached hydrogens (tertiary/aromatic N) is 2. The van der Waals surface area contributed by atoms with Gasteiger partial charge in [-0.25, -0.2) is 4.98 Å². The summed E-state index contributed by atoms with van der Waals surface area (Å²) in [5.41, 5.74) is 6.67. The standard InChI is InChI=1S/C8H12IN3/c1-12(2)5-6-3-4-7(9)8(10)11-6/h3-4H,5H2,1-2H3,(H2,10,11). The van der Waals surface area contributed by atoms with Gasteiger partial charge in [-0.1, -0.05) is 0 Å². The van der Waals surface area contributed by atoms with Crippen molar-refractivity contribution in [2.45, 2.75) is 6.54 Å². The minimum absolute atomic E-state index is 0.620. The molecule has 0 atom stereocenters. The van der Waals surface area contributed by atoms with Crippen molar-refractivity contribution in [1.29, 1.82) is 0 Å². The molecule has 0 aliphatic heterocycles. The lowest BCUT2D eigenvalue weighted by Gasteiger charge is -2.09. The lowest BCUT2D eigenvalue weighted by Crippen LogP contribution is -2.12. The Morgan fingerprint density at radius 2 is 2.17 bits per heavy atom. The number of nitrogen functional groups attached to an aromatic ring is 1. The molecule has 0 aliphatic carbocycles. The van der Waals surface area contributed by atoms with Gasteiger partial charge in [-0.2, -0.15) is 0 Å². The summed E-state index contributed by atoms with van der Waals surface area (Å²) in [5, 5.41) is 0. The van der Waals surface area contributed by atoms with Crippen molar-refractivity contribution in [3.8, 4) is 0 Å². The normalized spacial score (nSPS) is 10.7. The zero-order chi connectivity index (χ0) is 9.14. The Labute approximate surface area is 86.1 Å². The molecule has 1 aromatic heterocycles. The fourth-order valence-corrected chi connectivity index (χ4v) is 1.21. The quantitative estimate of drug-likeness (QED) is 0.829. The van der Waals surface area contributed by atoms with E-state index in [1.54, 1.807) is 0 Å². The van der Waals surface area contributed by atoms with Crippen LogP contribution in [-0.4, -0.2) is 24.0 Å². The van der Waals surface area contributed by atoms with Crippen molar-refractivity contribution >= 4 is 28.4 Å². The lowest BCUT2D eigenvalue weighted by molar-refractivity contribution is 0.397. The van der Waals surface area contributed by atoms with Gasteiger partial charge < -0.3 is 10.6 Å². The number of aromatic nitrogens is 1. The Morgan fingerprint density at radius 1 is 1.50 bits per heavy atom. The molecule has 0 radical (unpaired) electrons. The van der Waals surface area contributed by atoms with Crippen molar-refractivity contribution in [3.05, 3.63) is 21.4 Å². The molecule has 1 rings (SSSR count). The van der Waals surface area contributed by atoms with Gasteiger partial charge in [-0.05, 0) is 48.8 Å². The van der Waals surface area contributed by atoms with E-state index < -0.39 is 0 Å². The van der Waals surface area contributed by atoms with Crippen molar-refractivity contribution in [3.63, 3.8) is 0 Å². The molecule has 1 heterocycles. The van der Waals surface area contributed by atoms with Crippen molar-refractivity contribution < 1.29 is 0 Å². The third kappa shape index (κ3) is 2.60. The summed E-state index contributed by atoms with van der Waals surface area (Å²) in [6.07, 6.45) is 0. The summed E-state index contributed by atoms with van der Waals surface area (Å²) in [7, 11) is 4.02. The summed E-state index contributed by atoms with van der Waals surface area (Å²) in [6, 6.07) is 3.99. The zero-order valence-corrected chi connectivity index (χ0v) is 9.37. The van der Waals surface area contributed by atoms with E-state index >= 15 is 0 Å². The number of rotatable bonds is 2. The summed E-state index contributed by atoms with van der Waals surface area (Å²) < 4.78 is 1.01. The second-order valence-electron chi connectivity index (χ2n) is 2.91. The zero-order valence-electron chi connectivity index (χ0n) is 7.21. The van der Waals surface area contributed by atoms with Gasteiger partial charge in [0.1, 0.15) is 5.82 Å². The number of anilines is 1. The molecule has 0 aliphatic rings. The number of halogens is 1. The maximum Gasteiger partial charge on any atom is 0.137 e. The molecule has 4 heteroatoms. The molecule has 0 amide bonds. The van der Waals surface area contributed by atoms with Crippen LogP contribution in [0.2, 0.25) is 0 Å². The molecule has 12 heavy (non-hydrogen) atoms. The fraction of sp³-hybridized carbons (Fsp3) is 0.375. The first-order valence-electron chi connectivity index (χ1n) is 3.65. The smallest absolute Gasteiger partial charge is 0.137 e. The van der Waals surface area contributed by atoms with Crippen LogP contribution in [0.25, 0.3) is 0 Å². The van der Waals surface area contributed by atoms with Crippen molar-refractivity contribution in [2.24, 2.45) is 0 Å². The van der Waals surface area contributed by atoms with Crippen LogP contribution in [0, 0.1) is 3.57 Å². The number of hydrogen-bond acceptors (Lipinski definition) is 3. The number of pyridine rings is 1. The van der Waals surface area contributed by atoms with Gasteiger partial charge in [0.15, 0.2) is 0 Å². The van der Waals surface area contributed by atoms with Crippen LogP contribution < -0.4 is 5.73 Å². The predicted octanol–water partition coefficient (Wildman–Crippen LogP) is 1.33. The van der Waals surface area contributed by atoms with Crippen molar-refractivity contribution in [2.75, 3.05) is 19.8 Å². The first kappa shape index (κ1) is 9.73. The molecule has 1 aromatic rings. The molecule has 2 N–H and O–H groups in total. The van der Waals surface area contributed by atoms with Crippen LogP contribution in [0.1, 0.15) is 5.69 Å². The largest absolute Gasteiger partial charge is 0.383 e. The molecular formula is C8H12IN3. The van der Waals surface area contributed by atoms with Gasteiger partial charge >= 0.3 is 0 Å². The topological polar surface area (TPSA) is 42.1 Å². The van der Waals surface area contributed by atoms with Gasteiger partial charge in [0.25, 0.3) is 0 Å². The van der Waals surface area contributed by atoms with Crippen LogP contribution >= 0.6 is 22.6 Å². The minimum atomic E-state index is 0.620. The van der Waals surface area contributed by atoms with Crippen LogP contribution in [0.3, 0.4) is 0 Å². The average molecular weight is 277 g/mol. The summed E-state index contributed by atoms with van der Waals surface area (Å²) in [4.78, 5) is 6.31. The Hall–Kier alpha value is -0.360. The number of nitrogens with two attached hydrogens (primary N) is 1. The van der Waals surface area contributed by atoms with E-state index in [2.05, 4.69) is 32.5 Å². The van der Waals surface area contributed by atoms with Crippen LogP contribution in [0.5, 0.6) is 0 Å². The molecule has 0 saturated heterocycles. The molecule has 3 nitrogen and oxygen atoms in total. The molecule has 0 spiro atoms. The third-order valence-corrected chi connectivity index (χ3v) is 2.32. The molecular weight excluding hydrogens is 265 g/mol.